The molecule has 2 heterocycles. The summed E-state index contributed by atoms with van der Waals surface area (Å²) in [4.78, 5) is 15.8. The van der Waals surface area contributed by atoms with Gasteiger partial charge >= 0.3 is 5.97 Å². The maximum Gasteiger partial charge on any atom is 0.320 e. The van der Waals surface area contributed by atoms with E-state index in [9.17, 15) is 9.90 Å². The number of carboxylic acid groups (broad SMARTS) is 1. The van der Waals surface area contributed by atoms with Gasteiger partial charge in [0.05, 0.1) is 6.04 Å². The Morgan fingerprint density at radius 1 is 1.26 bits per heavy atom. The van der Waals surface area contributed by atoms with Crippen LogP contribution >= 0.6 is 11.3 Å². The molecule has 0 radical (unpaired) electrons. The Hall–Kier alpha value is -1.85. The third kappa shape index (κ3) is 3.26. The first kappa shape index (κ1) is 16.0. The quantitative estimate of drug-likeness (QED) is 0.912. The van der Waals surface area contributed by atoms with Crippen molar-refractivity contribution in [3.8, 4) is 0 Å². The van der Waals surface area contributed by atoms with Gasteiger partial charge in [-0.15, -0.1) is 0 Å². The van der Waals surface area contributed by atoms with E-state index in [-0.39, 0.29) is 6.04 Å². The highest BCUT2D eigenvalue weighted by Crippen LogP contribution is 2.36. The van der Waals surface area contributed by atoms with Crippen LogP contribution in [0.4, 0.5) is 5.69 Å². The van der Waals surface area contributed by atoms with Gasteiger partial charge in [-0.2, -0.15) is 11.3 Å². The van der Waals surface area contributed by atoms with Crippen LogP contribution in [0.2, 0.25) is 0 Å². The second-order valence-electron chi connectivity index (χ2n) is 6.18. The molecule has 1 aromatic carbocycles. The third-order valence-corrected chi connectivity index (χ3v) is 5.20. The molecule has 5 heteroatoms. The summed E-state index contributed by atoms with van der Waals surface area (Å²) >= 11 is 1.66. The van der Waals surface area contributed by atoms with Crippen LogP contribution in [0.1, 0.15) is 30.0 Å². The molecule has 2 unspecified atom stereocenters. The molecular formula is C18H22N2O2S. The molecule has 1 fully saturated rings. The molecule has 122 valence electrons. The summed E-state index contributed by atoms with van der Waals surface area (Å²) in [7, 11) is 4.04. The van der Waals surface area contributed by atoms with Crippen LogP contribution in [0, 0.1) is 0 Å². The summed E-state index contributed by atoms with van der Waals surface area (Å²) in [5.74, 6) is -0.715. The molecule has 1 aliphatic rings. The van der Waals surface area contributed by atoms with Gasteiger partial charge < -0.3 is 10.0 Å². The maximum atomic E-state index is 11.6. The molecule has 3 rings (SSSR count). The highest BCUT2D eigenvalue weighted by Gasteiger charge is 2.36. The van der Waals surface area contributed by atoms with Crippen molar-refractivity contribution < 1.29 is 9.90 Å². The molecule has 1 saturated heterocycles. The number of nitrogens with zero attached hydrogens (tertiary/aromatic N) is 2. The second-order valence-corrected chi connectivity index (χ2v) is 6.96. The Labute approximate surface area is 141 Å². The van der Waals surface area contributed by atoms with Crippen molar-refractivity contribution in [1.29, 1.82) is 0 Å². The summed E-state index contributed by atoms with van der Waals surface area (Å²) in [5, 5.41) is 13.7. The van der Waals surface area contributed by atoms with Crippen molar-refractivity contribution in [2.75, 3.05) is 25.5 Å². The molecular weight excluding hydrogens is 308 g/mol. The number of anilines is 1. The molecule has 23 heavy (non-hydrogen) atoms. The number of carboxylic acids is 1. The predicted molar refractivity (Wildman–Crippen MR) is 94.3 cm³/mol. The van der Waals surface area contributed by atoms with Gasteiger partial charge in [-0.25, -0.2) is 0 Å². The third-order valence-electron chi connectivity index (χ3n) is 4.50. The van der Waals surface area contributed by atoms with Crippen LogP contribution in [0.25, 0.3) is 0 Å². The van der Waals surface area contributed by atoms with Crippen LogP contribution in [-0.4, -0.2) is 42.7 Å². The van der Waals surface area contributed by atoms with Crippen LogP contribution in [-0.2, 0) is 4.79 Å². The van der Waals surface area contributed by atoms with Crippen molar-refractivity contribution in [1.82, 2.24) is 4.90 Å². The maximum absolute atomic E-state index is 11.6. The summed E-state index contributed by atoms with van der Waals surface area (Å²) < 4.78 is 0. The fourth-order valence-corrected chi connectivity index (χ4v) is 4.00. The molecule has 1 aliphatic heterocycles. The monoisotopic (exact) mass is 330 g/mol. The van der Waals surface area contributed by atoms with E-state index in [1.165, 1.54) is 5.56 Å². The van der Waals surface area contributed by atoms with Crippen LogP contribution < -0.4 is 4.90 Å². The molecule has 0 amide bonds. The van der Waals surface area contributed by atoms with Gasteiger partial charge in [0, 0.05) is 26.3 Å². The molecule has 4 nitrogen and oxygen atoms in total. The summed E-state index contributed by atoms with van der Waals surface area (Å²) in [5.41, 5.74) is 3.48. The molecule has 1 aromatic heterocycles. The van der Waals surface area contributed by atoms with Crippen molar-refractivity contribution in [3.05, 3.63) is 52.2 Å². The summed E-state index contributed by atoms with van der Waals surface area (Å²) in [6, 6.07) is 10.2. The van der Waals surface area contributed by atoms with E-state index in [0.29, 0.717) is 0 Å². The number of benzene rings is 1. The highest BCUT2D eigenvalue weighted by molar-refractivity contribution is 7.08. The van der Waals surface area contributed by atoms with Crippen molar-refractivity contribution in [2.45, 2.75) is 24.9 Å². The number of hydrogen-bond acceptors (Lipinski definition) is 4. The first-order chi connectivity index (χ1) is 11.1. The van der Waals surface area contributed by atoms with Gasteiger partial charge in [0.15, 0.2) is 0 Å². The van der Waals surface area contributed by atoms with Crippen LogP contribution in [0.15, 0.2) is 41.1 Å². The molecule has 0 bridgehead atoms. The fraction of sp³-hybridized carbons (Fsp3) is 0.389. The van der Waals surface area contributed by atoms with Crippen LogP contribution in [0.5, 0.6) is 0 Å². The minimum absolute atomic E-state index is 0.0149. The normalized spacial score (nSPS) is 19.7. The zero-order valence-electron chi connectivity index (χ0n) is 13.5. The smallest absolute Gasteiger partial charge is 0.320 e. The Bertz CT molecular complexity index is 652. The van der Waals surface area contributed by atoms with Crippen LogP contribution in [0.3, 0.4) is 0 Å². The largest absolute Gasteiger partial charge is 0.480 e. The summed E-state index contributed by atoms with van der Waals surface area (Å²) in [6.45, 7) is 0.826. The Kier molecular flexibility index (Phi) is 4.68. The lowest BCUT2D eigenvalue weighted by molar-refractivity contribution is -0.142. The van der Waals surface area contributed by atoms with E-state index in [4.69, 9.17) is 0 Å². The lowest BCUT2D eigenvalue weighted by atomic mass is 9.98. The molecule has 0 spiro atoms. The first-order valence-corrected chi connectivity index (χ1v) is 8.80. The van der Waals surface area contributed by atoms with E-state index in [0.717, 1.165) is 30.6 Å². The standard InChI is InChI=1S/C18H22N2O2S/c1-19(2)15-7-5-13(6-8-15)17(14-9-11-23-12-14)20-10-3-4-16(20)18(21)22/h5-9,11-12,16-17H,3-4,10H2,1-2H3,(H,21,22). The van der Waals surface area contributed by atoms with Gasteiger partial charge in [0.2, 0.25) is 0 Å². The number of carbonyl (C=O) groups is 1. The van der Waals surface area contributed by atoms with Gasteiger partial charge in [0.25, 0.3) is 0 Å². The highest BCUT2D eigenvalue weighted by atomic mass is 32.1. The van der Waals surface area contributed by atoms with Gasteiger partial charge in [-0.05, 0) is 52.9 Å². The van der Waals surface area contributed by atoms with E-state index >= 15 is 0 Å². The number of likely N-dealkylation sites (tertiary alicyclic amines) is 1. The fourth-order valence-electron chi connectivity index (χ4n) is 3.32. The average molecular weight is 330 g/mol. The van der Waals surface area contributed by atoms with Gasteiger partial charge in [-0.1, -0.05) is 12.1 Å². The zero-order chi connectivity index (χ0) is 16.4. The van der Waals surface area contributed by atoms with Crippen molar-refractivity contribution >= 4 is 23.0 Å². The van der Waals surface area contributed by atoms with Crippen molar-refractivity contribution in [2.24, 2.45) is 0 Å². The lowest BCUT2D eigenvalue weighted by Crippen LogP contribution is -2.39. The number of thiophene rings is 1. The van der Waals surface area contributed by atoms with Gasteiger partial charge in [0.1, 0.15) is 6.04 Å². The molecule has 0 saturated carbocycles. The lowest BCUT2D eigenvalue weighted by Gasteiger charge is -2.31. The van der Waals surface area contributed by atoms with E-state index in [2.05, 4.69) is 50.9 Å². The van der Waals surface area contributed by atoms with E-state index in [1.54, 1.807) is 11.3 Å². The molecule has 2 aromatic rings. The Balaban J connectivity index is 1.98. The van der Waals surface area contributed by atoms with Crippen molar-refractivity contribution in [3.63, 3.8) is 0 Å². The summed E-state index contributed by atoms with van der Waals surface area (Å²) in [6.07, 6.45) is 1.67. The topological polar surface area (TPSA) is 43.8 Å². The predicted octanol–water partition coefficient (Wildman–Crippen LogP) is 3.45. The minimum Gasteiger partial charge on any atom is -0.480 e. The molecule has 2 atom stereocenters. The first-order valence-electron chi connectivity index (χ1n) is 7.86. The second kappa shape index (κ2) is 6.72. The zero-order valence-corrected chi connectivity index (χ0v) is 14.3. The number of rotatable bonds is 5. The van der Waals surface area contributed by atoms with Gasteiger partial charge in [-0.3, -0.25) is 9.69 Å². The molecule has 0 aliphatic carbocycles. The van der Waals surface area contributed by atoms with E-state index in [1.807, 2.05) is 14.1 Å². The Morgan fingerprint density at radius 3 is 2.57 bits per heavy atom. The minimum atomic E-state index is -0.715. The Morgan fingerprint density at radius 2 is 2.00 bits per heavy atom. The average Bonchev–Trinajstić information content (AvgIpc) is 3.20. The SMILES string of the molecule is CN(C)c1ccc(C(c2ccsc2)N2CCCC2C(=O)O)cc1. The van der Waals surface area contributed by atoms with E-state index < -0.39 is 12.0 Å². The number of aliphatic carboxylic acids is 1. The molecule has 1 N–H and O–H groups in total. The number of hydrogen-bond donors (Lipinski definition) is 1.